The summed E-state index contributed by atoms with van der Waals surface area (Å²) in [4.78, 5) is 23.8. The fourth-order valence-electron chi connectivity index (χ4n) is 3.46. The second-order valence-corrected chi connectivity index (χ2v) is 8.72. The van der Waals surface area contributed by atoms with Gasteiger partial charge in [0.1, 0.15) is 17.3 Å². The topological polar surface area (TPSA) is 91.3 Å². The molecular weight excluding hydrogens is 472 g/mol. The van der Waals surface area contributed by atoms with Crippen molar-refractivity contribution in [2.45, 2.75) is 52.2 Å². The Morgan fingerprint density at radius 2 is 1.59 bits per heavy atom. The Hall–Kier alpha value is -3.84. The lowest BCUT2D eigenvalue weighted by Crippen LogP contribution is -2.09. The number of aryl methyl sites for hydroxylation is 1. The Bertz CT molecular complexity index is 1130. The number of unbranched alkanes of at least 4 members (excludes halogenated alkanes) is 1. The van der Waals surface area contributed by atoms with Crippen LogP contribution in [0.5, 0.6) is 5.75 Å². The van der Waals surface area contributed by atoms with E-state index in [0.717, 1.165) is 12.8 Å². The first kappa shape index (κ1) is 27.7. The molecule has 1 atom stereocenters. The van der Waals surface area contributed by atoms with Gasteiger partial charge in [-0.2, -0.15) is 0 Å². The van der Waals surface area contributed by atoms with Crippen molar-refractivity contribution in [3.63, 3.8) is 0 Å². The van der Waals surface area contributed by atoms with E-state index in [9.17, 15) is 14.7 Å². The van der Waals surface area contributed by atoms with Gasteiger partial charge < -0.3 is 24.1 Å². The van der Waals surface area contributed by atoms with E-state index in [-0.39, 0.29) is 5.97 Å². The van der Waals surface area contributed by atoms with Crippen LogP contribution in [0.25, 0.3) is 0 Å². The molecular formula is C30H34O7. The van der Waals surface area contributed by atoms with Crippen molar-refractivity contribution in [1.29, 1.82) is 0 Å². The zero-order valence-corrected chi connectivity index (χ0v) is 21.4. The normalized spacial score (nSPS) is 13.6. The molecule has 37 heavy (non-hydrogen) atoms. The first-order chi connectivity index (χ1) is 17.9. The van der Waals surface area contributed by atoms with Crippen LogP contribution in [0, 0.1) is 0 Å². The molecule has 1 N–H and O–H groups in total. The minimum atomic E-state index is -1.05. The zero-order valence-electron chi connectivity index (χ0n) is 21.4. The molecule has 7 nitrogen and oxygen atoms in total. The Labute approximate surface area is 218 Å². The number of aliphatic hydroxyl groups is 1. The number of esters is 2. The van der Waals surface area contributed by atoms with Crippen LogP contribution in [0.2, 0.25) is 0 Å². The number of rotatable bonds is 13. The van der Waals surface area contributed by atoms with Crippen LogP contribution >= 0.6 is 0 Å². The fourth-order valence-corrected chi connectivity index (χ4v) is 3.46. The molecule has 0 aromatic heterocycles. The van der Waals surface area contributed by atoms with Gasteiger partial charge in [-0.05, 0) is 68.2 Å². The summed E-state index contributed by atoms with van der Waals surface area (Å²) in [6.07, 6.45) is 5.71. The van der Waals surface area contributed by atoms with E-state index in [1.165, 1.54) is 5.56 Å². The lowest BCUT2D eigenvalue weighted by atomic mass is 10.1. The molecule has 0 amide bonds. The molecule has 2 aromatic rings. The molecule has 1 unspecified atom stereocenters. The zero-order chi connectivity index (χ0) is 26.6. The van der Waals surface area contributed by atoms with Gasteiger partial charge >= 0.3 is 11.9 Å². The Kier molecular flexibility index (Phi) is 10.5. The van der Waals surface area contributed by atoms with Crippen molar-refractivity contribution in [2.24, 2.45) is 0 Å². The minimum absolute atomic E-state index is 0.325. The van der Waals surface area contributed by atoms with E-state index in [4.69, 9.17) is 18.9 Å². The highest BCUT2D eigenvalue weighted by Gasteiger charge is 2.17. The first-order valence-corrected chi connectivity index (χ1v) is 12.5. The Morgan fingerprint density at radius 1 is 0.946 bits per heavy atom. The van der Waals surface area contributed by atoms with Gasteiger partial charge in [-0.25, -0.2) is 9.59 Å². The standard InChI is InChI=1S/C30H34O7/c1-4-22-7-9-23(10-8-22)29(32)36-26-15-17-27(18-16-26)37-30(33)24-11-13-25(14-12-24)34-19-5-6-20-35-28(31)21(2)3/h7-15,17,29,32H,2,4-6,16,18-20H2,1,3H3. The predicted molar refractivity (Wildman–Crippen MR) is 140 cm³/mol. The minimum Gasteiger partial charge on any atom is -0.494 e. The molecule has 3 rings (SSSR count). The van der Waals surface area contributed by atoms with Crippen LogP contribution in [-0.4, -0.2) is 30.3 Å². The van der Waals surface area contributed by atoms with Crippen LogP contribution in [-0.2, 0) is 25.4 Å². The smallest absolute Gasteiger partial charge is 0.343 e. The molecule has 7 heteroatoms. The number of carbonyl (C=O) groups is 2. The van der Waals surface area contributed by atoms with E-state index in [1.807, 2.05) is 24.3 Å². The van der Waals surface area contributed by atoms with Gasteiger partial charge in [0, 0.05) is 24.0 Å². The lowest BCUT2D eigenvalue weighted by Gasteiger charge is -2.19. The van der Waals surface area contributed by atoms with E-state index in [2.05, 4.69) is 13.5 Å². The van der Waals surface area contributed by atoms with E-state index >= 15 is 0 Å². The molecule has 0 spiro atoms. The number of allylic oxidation sites excluding steroid dienone is 4. The summed E-state index contributed by atoms with van der Waals surface area (Å²) in [7, 11) is 0. The van der Waals surface area contributed by atoms with Crippen molar-refractivity contribution < 1.29 is 33.6 Å². The van der Waals surface area contributed by atoms with Crippen molar-refractivity contribution in [2.75, 3.05) is 13.2 Å². The van der Waals surface area contributed by atoms with E-state index in [1.54, 1.807) is 43.3 Å². The molecule has 0 heterocycles. The number of carbonyl (C=O) groups excluding carboxylic acids is 2. The van der Waals surface area contributed by atoms with Gasteiger partial charge in [0.15, 0.2) is 0 Å². The quantitative estimate of drug-likeness (QED) is 0.155. The van der Waals surface area contributed by atoms with E-state index in [0.29, 0.717) is 66.4 Å². The number of hydrogen-bond donors (Lipinski definition) is 1. The first-order valence-electron chi connectivity index (χ1n) is 12.5. The monoisotopic (exact) mass is 506 g/mol. The summed E-state index contributed by atoms with van der Waals surface area (Å²) in [5.41, 5.74) is 2.68. The molecule has 196 valence electrons. The van der Waals surface area contributed by atoms with Crippen molar-refractivity contribution in [3.8, 4) is 5.75 Å². The molecule has 1 aliphatic carbocycles. The van der Waals surface area contributed by atoms with Crippen molar-refractivity contribution >= 4 is 11.9 Å². The summed E-state index contributed by atoms with van der Waals surface area (Å²) in [5, 5.41) is 10.3. The SMILES string of the molecule is C=C(C)C(=O)OCCCCOc1ccc(C(=O)OC2=CC=C(OC(O)c3ccc(CC)cc3)CC2)cc1. The summed E-state index contributed by atoms with van der Waals surface area (Å²) < 4.78 is 21.9. The van der Waals surface area contributed by atoms with Gasteiger partial charge in [0.2, 0.25) is 6.29 Å². The molecule has 1 aliphatic rings. The Balaban J connectivity index is 1.40. The van der Waals surface area contributed by atoms with Gasteiger partial charge in [-0.1, -0.05) is 37.8 Å². The van der Waals surface area contributed by atoms with Crippen LogP contribution in [0.4, 0.5) is 0 Å². The Morgan fingerprint density at radius 3 is 2.22 bits per heavy atom. The lowest BCUT2D eigenvalue weighted by molar-refractivity contribution is -0.139. The highest BCUT2D eigenvalue weighted by molar-refractivity contribution is 5.90. The third kappa shape index (κ3) is 8.95. The summed E-state index contributed by atoms with van der Waals surface area (Å²) in [5.74, 6) is 0.963. The molecule has 0 aliphatic heterocycles. The molecule has 0 fully saturated rings. The van der Waals surface area contributed by atoms with Gasteiger partial charge in [0.25, 0.3) is 0 Å². The van der Waals surface area contributed by atoms with Crippen LogP contribution < -0.4 is 4.74 Å². The van der Waals surface area contributed by atoms with Crippen molar-refractivity contribution in [3.05, 3.63) is 101 Å². The maximum atomic E-state index is 12.5. The molecule has 0 radical (unpaired) electrons. The average Bonchev–Trinajstić information content (AvgIpc) is 2.91. The van der Waals surface area contributed by atoms with Gasteiger partial charge in [-0.15, -0.1) is 0 Å². The summed E-state index contributed by atoms with van der Waals surface area (Å²) >= 11 is 0. The summed E-state index contributed by atoms with van der Waals surface area (Å²) in [6, 6.07) is 14.4. The fraction of sp³-hybridized carbons (Fsp3) is 0.333. The maximum absolute atomic E-state index is 12.5. The molecule has 2 aromatic carbocycles. The second kappa shape index (κ2) is 14.0. The number of aliphatic hydroxyl groups excluding tert-OH is 1. The average molecular weight is 507 g/mol. The number of hydrogen-bond acceptors (Lipinski definition) is 7. The third-order valence-corrected chi connectivity index (χ3v) is 5.71. The number of benzene rings is 2. The van der Waals surface area contributed by atoms with Gasteiger partial charge in [0.05, 0.1) is 18.8 Å². The van der Waals surface area contributed by atoms with E-state index < -0.39 is 12.3 Å². The maximum Gasteiger partial charge on any atom is 0.343 e. The van der Waals surface area contributed by atoms with Crippen molar-refractivity contribution in [1.82, 2.24) is 0 Å². The third-order valence-electron chi connectivity index (χ3n) is 5.71. The predicted octanol–water partition coefficient (Wildman–Crippen LogP) is 5.95. The van der Waals surface area contributed by atoms with Crippen LogP contribution in [0.1, 0.15) is 67.3 Å². The largest absolute Gasteiger partial charge is 0.494 e. The summed E-state index contributed by atoms with van der Waals surface area (Å²) in [6.45, 7) is 8.02. The molecule has 0 saturated carbocycles. The highest BCUT2D eigenvalue weighted by atomic mass is 16.6. The van der Waals surface area contributed by atoms with Crippen LogP contribution in [0.15, 0.2) is 84.4 Å². The van der Waals surface area contributed by atoms with Gasteiger partial charge in [-0.3, -0.25) is 0 Å². The molecule has 0 saturated heterocycles. The number of ether oxygens (including phenoxy) is 4. The highest BCUT2D eigenvalue weighted by Crippen LogP contribution is 2.26. The van der Waals surface area contributed by atoms with Crippen LogP contribution in [0.3, 0.4) is 0 Å². The second-order valence-electron chi connectivity index (χ2n) is 8.72. The molecule has 0 bridgehead atoms.